The molecule has 3 heterocycles. The molecule has 7 nitrogen and oxygen atoms in total. The van der Waals surface area contributed by atoms with Gasteiger partial charge in [-0.25, -0.2) is 8.78 Å². The fourth-order valence-electron chi connectivity index (χ4n) is 4.40. The van der Waals surface area contributed by atoms with Gasteiger partial charge in [0.05, 0.1) is 18.1 Å². The monoisotopic (exact) mass is 403 g/mol. The summed E-state index contributed by atoms with van der Waals surface area (Å²) in [5.41, 5.74) is -0.591. The van der Waals surface area contributed by atoms with Gasteiger partial charge in [0.1, 0.15) is 12.0 Å². The Kier molecular flexibility index (Phi) is 4.97. The van der Waals surface area contributed by atoms with Crippen molar-refractivity contribution in [3.05, 3.63) is 0 Å². The third-order valence-electron chi connectivity index (χ3n) is 5.78. The van der Waals surface area contributed by atoms with Gasteiger partial charge in [-0.2, -0.15) is 0 Å². The molecule has 1 amide bonds. The summed E-state index contributed by atoms with van der Waals surface area (Å²) < 4.78 is 43.3. The number of alkyl halides is 2. The number of carbonyl (C=O) groups is 3. The number of amides is 1. The van der Waals surface area contributed by atoms with Crippen molar-refractivity contribution in [3.63, 3.8) is 0 Å². The molecule has 0 radical (unpaired) electrons. The lowest BCUT2D eigenvalue weighted by molar-refractivity contribution is -0.178. The van der Waals surface area contributed by atoms with Gasteiger partial charge in [-0.1, -0.05) is 6.92 Å². The molecule has 28 heavy (non-hydrogen) atoms. The van der Waals surface area contributed by atoms with E-state index in [-0.39, 0.29) is 12.3 Å². The summed E-state index contributed by atoms with van der Waals surface area (Å²) in [7, 11) is 0. The minimum Gasteiger partial charge on any atom is -0.457 e. The predicted octanol–water partition coefficient (Wildman–Crippen LogP) is 1.92. The van der Waals surface area contributed by atoms with Gasteiger partial charge < -0.3 is 19.1 Å². The molecule has 0 aromatic heterocycles. The summed E-state index contributed by atoms with van der Waals surface area (Å²) in [5, 5.41) is 0. The SMILES string of the molecule is CCC(=O)OC1C2OC3C(C(=O)N(C(C)(C)C)C13)C2C(=O)OC(C)C(C)(F)F. The normalized spacial score (nSPS) is 35.3. The first-order chi connectivity index (χ1) is 12.8. The maximum atomic E-state index is 13.5. The third-order valence-corrected chi connectivity index (χ3v) is 5.78. The fraction of sp³-hybridized carbons (Fsp3) is 0.842. The van der Waals surface area contributed by atoms with E-state index in [1.807, 2.05) is 20.8 Å². The van der Waals surface area contributed by atoms with E-state index in [0.717, 1.165) is 6.92 Å². The van der Waals surface area contributed by atoms with Gasteiger partial charge in [-0.15, -0.1) is 0 Å². The highest BCUT2D eigenvalue weighted by Crippen LogP contribution is 2.54. The Labute approximate surface area is 162 Å². The van der Waals surface area contributed by atoms with Crippen LogP contribution in [0.25, 0.3) is 0 Å². The number of esters is 2. The van der Waals surface area contributed by atoms with Crippen LogP contribution in [0, 0.1) is 11.8 Å². The van der Waals surface area contributed by atoms with Crippen molar-refractivity contribution in [1.82, 2.24) is 4.90 Å². The molecule has 3 rings (SSSR count). The van der Waals surface area contributed by atoms with Crippen molar-refractivity contribution >= 4 is 17.8 Å². The van der Waals surface area contributed by atoms with Crippen LogP contribution in [0.15, 0.2) is 0 Å². The number of nitrogens with zero attached hydrogens (tertiary/aromatic N) is 1. The van der Waals surface area contributed by atoms with E-state index in [2.05, 4.69) is 0 Å². The summed E-state index contributed by atoms with van der Waals surface area (Å²) in [6.45, 7) is 8.92. The standard InChI is InChI=1S/C19H27F2NO6/c1-7-9(23)27-15-12-13-10(16(24)22(12)18(3,4)5)11(14(15)28-13)17(25)26-8(2)19(6,20)21/h8,10-15H,7H2,1-6H3. The Balaban J connectivity index is 1.93. The molecule has 2 bridgehead atoms. The van der Waals surface area contributed by atoms with E-state index in [9.17, 15) is 23.2 Å². The van der Waals surface area contributed by atoms with E-state index < -0.39 is 65.7 Å². The van der Waals surface area contributed by atoms with Gasteiger partial charge in [0.2, 0.25) is 5.91 Å². The summed E-state index contributed by atoms with van der Waals surface area (Å²) in [6, 6.07) is -0.507. The van der Waals surface area contributed by atoms with Gasteiger partial charge in [0.25, 0.3) is 5.92 Å². The van der Waals surface area contributed by atoms with Crippen LogP contribution in [0.5, 0.6) is 0 Å². The van der Waals surface area contributed by atoms with Crippen LogP contribution in [-0.4, -0.2) is 64.7 Å². The molecule has 0 aliphatic carbocycles. The lowest BCUT2D eigenvalue weighted by Crippen LogP contribution is -2.54. The highest BCUT2D eigenvalue weighted by Gasteiger charge is 2.73. The summed E-state index contributed by atoms with van der Waals surface area (Å²) in [6.07, 6.45) is -3.89. The molecule has 3 aliphatic rings. The summed E-state index contributed by atoms with van der Waals surface area (Å²) >= 11 is 0. The number of carbonyl (C=O) groups excluding carboxylic acids is 3. The number of halogens is 2. The molecule has 9 heteroatoms. The first kappa shape index (κ1) is 21.0. The van der Waals surface area contributed by atoms with Gasteiger partial charge in [0, 0.05) is 18.9 Å². The lowest BCUT2D eigenvalue weighted by Gasteiger charge is -2.38. The lowest BCUT2D eigenvalue weighted by atomic mass is 9.78. The highest BCUT2D eigenvalue weighted by atomic mass is 19.3. The molecule has 0 saturated carbocycles. The van der Waals surface area contributed by atoms with Crippen LogP contribution in [-0.2, 0) is 28.6 Å². The first-order valence-electron chi connectivity index (χ1n) is 9.55. The Morgan fingerprint density at radius 1 is 1.21 bits per heavy atom. The van der Waals surface area contributed by atoms with Gasteiger partial charge in [0.15, 0.2) is 12.2 Å². The van der Waals surface area contributed by atoms with Crippen molar-refractivity contribution in [2.24, 2.45) is 11.8 Å². The molecule has 158 valence electrons. The molecule has 3 saturated heterocycles. The average molecular weight is 403 g/mol. The van der Waals surface area contributed by atoms with E-state index in [4.69, 9.17) is 14.2 Å². The summed E-state index contributed by atoms with van der Waals surface area (Å²) in [5.74, 6) is -6.84. The molecule has 3 fully saturated rings. The second kappa shape index (κ2) is 6.64. The maximum absolute atomic E-state index is 13.5. The summed E-state index contributed by atoms with van der Waals surface area (Å²) in [4.78, 5) is 39.4. The molecule has 3 aliphatic heterocycles. The molecular formula is C19H27F2NO6. The van der Waals surface area contributed by atoms with E-state index in [1.54, 1.807) is 11.8 Å². The van der Waals surface area contributed by atoms with Crippen LogP contribution in [0.3, 0.4) is 0 Å². The minimum atomic E-state index is -3.22. The molecule has 7 atom stereocenters. The van der Waals surface area contributed by atoms with Crippen molar-refractivity contribution in [1.29, 1.82) is 0 Å². The minimum absolute atomic E-state index is 0.127. The highest BCUT2D eigenvalue weighted by molar-refractivity contribution is 5.91. The van der Waals surface area contributed by atoms with E-state index in [0.29, 0.717) is 6.92 Å². The van der Waals surface area contributed by atoms with Crippen LogP contribution < -0.4 is 0 Å². The van der Waals surface area contributed by atoms with Crippen molar-refractivity contribution in [2.75, 3.05) is 0 Å². The zero-order valence-corrected chi connectivity index (χ0v) is 16.9. The second-order valence-electron chi connectivity index (χ2n) is 8.83. The largest absolute Gasteiger partial charge is 0.457 e. The van der Waals surface area contributed by atoms with Gasteiger partial charge >= 0.3 is 11.9 Å². The number of fused-ring (bicyclic) bond motifs is 1. The van der Waals surface area contributed by atoms with Crippen molar-refractivity contribution in [2.45, 2.75) is 89.9 Å². The molecule has 0 N–H and O–H groups in total. The number of hydrogen-bond acceptors (Lipinski definition) is 6. The molecule has 0 aromatic rings. The second-order valence-corrected chi connectivity index (χ2v) is 8.83. The van der Waals surface area contributed by atoms with Gasteiger partial charge in [-0.3, -0.25) is 14.4 Å². The quantitative estimate of drug-likeness (QED) is 0.653. The number of likely N-dealkylation sites (tertiary alicyclic amines) is 1. The van der Waals surface area contributed by atoms with E-state index >= 15 is 0 Å². The van der Waals surface area contributed by atoms with Crippen molar-refractivity contribution < 1.29 is 37.4 Å². The number of hydrogen-bond donors (Lipinski definition) is 0. The smallest absolute Gasteiger partial charge is 0.313 e. The Hall–Kier alpha value is -1.77. The predicted molar refractivity (Wildman–Crippen MR) is 92.4 cm³/mol. The molecule has 7 unspecified atom stereocenters. The zero-order valence-electron chi connectivity index (χ0n) is 16.9. The first-order valence-corrected chi connectivity index (χ1v) is 9.55. The Morgan fingerprint density at radius 2 is 1.82 bits per heavy atom. The van der Waals surface area contributed by atoms with Crippen LogP contribution in [0.2, 0.25) is 0 Å². The van der Waals surface area contributed by atoms with Gasteiger partial charge in [-0.05, 0) is 27.7 Å². The van der Waals surface area contributed by atoms with Crippen LogP contribution in [0.1, 0.15) is 48.0 Å². The van der Waals surface area contributed by atoms with E-state index in [1.165, 1.54) is 0 Å². The van der Waals surface area contributed by atoms with Crippen LogP contribution >= 0.6 is 0 Å². The third kappa shape index (κ3) is 3.17. The fourth-order valence-corrected chi connectivity index (χ4v) is 4.40. The number of ether oxygens (including phenoxy) is 3. The maximum Gasteiger partial charge on any atom is 0.313 e. The Morgan fingerprint density at radius 3 is 2.32 bits per heavy atom. The molecule has 0 spiro atoms. The van der Waals surface area contributed by atoms with Crippen molar-refractivity contribution in [3.8, 4) is 0 Å². The molecular weight excluding hydrogens is 376 g/mol. The topological polar surface area (TPSA) is 82.1 Å². The number of rotatable bonds is 5. The average Bonchev–Trinajstić information content (AvgIpc) is 3.15. The Bertz CT molecular complexity index is 685. The molecule has 0 aromatic carbocycles. The van der Waals surface area contributed by atoms with Crippen LogP contribution in [0.4, 0.5) is 8.78 Å². The zero-order chi connectivity index (χ0) is 21.2.